The van der Waals surface area contributed by atoms with Crippen molar-refractivity contribution in [1.29, 1.82) is 0 Å². The average Bonchev–Trinajstić information content (AvgIpc) is 2.65. The van der Waals surface area contributed by atoms with Gasteiger partial charge in [0.15, 0.2) is 0 Å². The average molecular weight is 169 g/mol. The summed E-state index contributed by atoms with van der Waals surface area (Å²) in [6.07, 6.45) is 6.22. The van der Waals surface area contributed by atoms with Gasteiger partial charge in [-0.15, -0.1) is 0 Å². The summed E-state index contributed by atoms with van der Waals surface area (Å²) in [6, 6.07) is 0.668. The van der Waals surface area contributed by atoms with Crippen LogP contribution in [0.2, 0.25) is 0 Å². The van der Waals surface area contributed by atoms with Crippen LogP contribution in [-0.2, 0) is 4.74 Å². The molecule has 0 aromatic rings. The van der Waals surface area contributed by atoms with E-state index in [2.05, 4.69) is 17.5 Å². The fourth-order valence-corrected chi connectivity index (χ4v) is 1.76. The van der Waals surface area contributed by atoms with E-state index >= 15 is 0 Å². The molecule has 3 heteroatoms. The van der Waals surface area contributed by atoms with Crippen LogP contribution < -0.4 is 5.32 Å². The summed E-state index contributed by atoms with van der Waals surface area (Å²) in [5.41, 5.74) is 0. The molecule has 2 rings (SSSR count). The van der Waals surface area contributed by atoms with E-state index in [4.69, 9.17) is 4.74 Å². The lowest BCUT2D eigenvalue weighted by molar-refractivity contribution is 0.121. The molecule has 0 spiro atoms. The highest BCUT2D eigenvalue weighted by Gasteiger charge is 2.27. The molecule has 1 heterocycles. The third-order valence-electron chi connectivity index (χ3n) is 2.51. The Labute approximate surface area is 72.4 Å². The van der Waals surface area contributed by atoms with Gasteiger partial charge in [0, 0.05) is 6.04 Å². The van der Waals surface area contributed by atoms with E-state index in [9.17, 15) is 5.11 Å². The van der Waals surface area contributed by atoms with Gasteiger partial charge in [-0.2, -0.15) is 0 Å². The number of aliphatic hydroxyl groups excluding tert-OH is 1. The van der Waals surface area contributed by atoms with Gasteiger partial charge in [0.25, 0.3) is 0 Å². The number of rotatable bonds is 2. The Morgan fingerprint density at radius 3 is 2.58 bits per heavy atom. The maximum atomic E-state index is 9.44. The molecule has 0 saturated carbocycles. The van der Waals surface area contributed by atoms with Gasteiger partial charge in [0.1, 0.15) is 0 Å². The monoisotopic (exact) mass is 169 g/mol. The number of aliphatic hydroxyl groups is 1. The number of nitrogens with one attached hydrogen (secondary N) is 1. The first-order valence-electron chi connectivity index (χ1n) is 4.53. The third-order valence-corrected chi connectivity index (χ3v) is 2.51. The molecule has 2 unspecified atom stereocenters. The molecule has 12 heavy (non-hydrogen) atoms. The minimum Gasteiger partial charge on any atom is -0.389 e. The van der Waals surface area contributed by atoms with Crippen molar-refractivity contribution < 1.29 is 9.84 Å². The Bertz CT molecular complexity index is 173. The fraction of sp³-hybridized carbons (Fsp3) is 0.778. The molecule has 1 fully saturated rings. The summed E-state index contributed by atoms with van der Waals surface area (Å²) in [5, 5.41) is 12.8. The first kappa shape index (κ1) is 8.23. The Balaban J connectivity index is 1.78. The molecule has 68 valence electrons. The van der Waals surface area contributed by atoms with Crippen molar-refractivity contribution in [2.75, 3.05) is 13.2 Å². The highest BCUT2D eigenvalue weighted by atomic mass is 16.5. The van der Waals surface area contributed by atoms with Crippen molar-refractivity contribution in [3.63, 3.8) is 0 Å². The Morgan fingerprint density at radius 2 is 2.00 bits per heavy atom. The SMILES string of the molecule is OC1COCC1NC1CC=CC1. The molecule has 2 atom stereocenters. The lowest BCUT2D eigenvalue weighted by Crippen LogP contribution is -2.43. The van der Waals surface area contributed by atoms with E-state index in [-0.39, 0.29) is 12.1 Å². The van der Waals surface area contributed by atoms with Crippen LogP contribution in [0.1, 0.15) is 12.8 Å². The summed E-state index contributed by atoms with van der Waals surface area (Å²) in [6.45, 7) is 1.13. The van der Waals surface area contributed by atoms with Crippen LogP contribution in [-0.4, -0.2) is 36.5 Å². The smallest absolute Gasteiger partial charge is 0.0948 e. The van der Waals surface area contributed by atoms with Crippen LogP contribution in [0.5, 0.6) is 0 Å². The molecule has 1 aliphatic heterocycles. The Hall–Kier alpha value is -0.380. The van der Waals surface area contributed by atoms with Crippen molar-refractivity contribution >= 4 is 0 Å². The highest BCUT2D eigenvalue weighted by molar-refractivity contribution is 4.99. The second-order valence-electron chi connectivity index (χ2n) is 3.52. The minimum absolute atomic E-state index is 0.148. The number of hydrogen-bond acceptors (Lipinski definition) is 3. The summed E-state index contributed by atoms with van der Waals surface area (Å²) in [7, 11) is 0. The third kappa shape index (κ3) is 1.68. The van der Waals surface area contributed by atoms with Gasteiger partial charge < -0.3 is 15.2 Å². The van der Waals surface area contributed by atoms with Crippen molar-refractivity contribution in [2.24, 2.45) is 0 Å². The molecule has 0 aromatic heterocycles. The van der Waals surface area contributed by atoms with Crippen LogP contribution in [0.25, 0.3) is 0 Å². The van der Waals surface area contributed by atoms with Crippen molar-refractivity contribution in [3.05, 3.63) is 12.2 Å². The van der Waals surface area contributed by atoms with Gasteiger partial charge in [-0.25, -0.2) is 0 Å². The van der Waals surface area contributed by atoms with Crippen LogP contribution in [0, 0.1) is 0 Å². The quantitative estimate of drug-likeness (QED) is 0.574. The van der Waals surface area contributed by atoms with Crippen LogP contribution in [0.4, 0.5) is 0 Å². The zero-order valence-corrected chi connectivity index (χ0v) is 7.07. The topological polar surface area (TPSA) is 41.5 Å². The second kappa shape index (κ2) is 3.56. The molecule has 0 amide bonds. The van der Waals surface area contributed by atoms with Crippen molar-refractivity contribution in [2.45, 2.75) is 31.0 Å². The first-order chi connectivity index (χ1) is 5.86. The normalized spacial score (nSPS) is 36.4. The lowest BCUT2D eigenvalue weighted by Gasteiger charge is -2.19. The maximum Gasteiger partial charge on any atom is 0.0948 e. The summed E-state index contributed by atoms with van der Waals surface area (Å²) in [5.74, 6) is 0. The predicted octanol–water partition coefficient (Wildman–Crippen LogP) is 0.0543. The van der Waals surface area contributed by atoms with Gasteiger partial charge >= 0.3 is 0 Å². The zero-order valence-electron chi connectivity index (χ0n) is 7.07. The van der Waals surface area contributed by atoms with E-state index < -0.39 is 0 Å². The van der Waals surface area contributed by atoms with Crippen LogP contribution in [0.15, 0.2) is 12.2 Å². The zero-order chi connectivity index (χ0) is 8.39. The molecule has 3 nitrogen and oxygen atoms in total. The van der Waals surface area contributed by atoms with E-state index in [1.54, 1.807) is 0 Å². The summed E-state index contributed by atoms with van der Waals surface area (Å²) >= 11 is 0. The number of ether oxygens (including phenoxy) is 1. The molecule has 0 aromatic carbocycles. The largest absolute Gasteiger partial charge is 0.389 e. The minimum atomic E-state index is -0.314. The molecule has 0 radical (unpaired) electrons. The molecule has 2 aliphatic rings. The Kier molecular flexibility index (Phi) is 2.44. The molecular weight excluding hydrogens is 154 g/mol. The van der Waals surface area contributed by atoms with E-state index in [1.807, 2.05) is 0 Å². The summed E-state index contributed by atoms with van der Waals surface area (Å²) < 4.78 is 5.15. The van der Waals surface area contributed by atoms with Crippen LogP contribution in [0.3, 0.4) is 0 Å². The second-order valence-corrected chi connectivity index (χ2v) is 3.52. The molecule has 1 saturated heterocycles. The van der Waals surface area contributed by atoms with Gasteiger partial charge in [0.05, 0.1) is 25.4 Å². The van der Waals surface area contributed by atoms with Crippen molar-refractivity contribution in [1.82, 2.24) is 5.32 Å². The molecule has 0 bridgehead atoms. The molecule has 1 aliphatic carbocycles. The fourth-order valence-electron chi connectivity index (χ4n) is 1.76. The molecule has 2 N–H and O–H groups in total. The highest BCUT2D eigenvalue weighted by Crippen LogP contribution is 2.13. The van der Waals surface area contributed by atoms with Gasteiger partial charge in [-0.1, -0.05) is 12.2 Å². The lowest BCUT2D eigenvalue weighted by atomic mass is 10.1. The summed E-state index contributed by atoms with van der Waals surface area (Å²) in [4.78, 5) is 0. The number of hydrogen-bond donors (Lipinski definition) is 2. The maximum absolute atomic E-state index is 9.44. The molecular formula is C9H15NO2. The van der Waals surface area contributed by atoms with E-state index in [0.717, 1.165) is 12.8 Å². The predicted molar refractivity (Wildman–Crippen MR) is 45.9 cm³/mol. The Morgan fingerprint density at radius 1 is 1.25 bits per heavy atom. The van der Waals surface area contributed by atoms with Crippen molar-refractivity contribution in [3.8, 4) is 0 Å². The van der Waals surface area contributed by atoms with Crippen LogP contribution >= 0.6 is 0 Å². The van der Waals surface area contributed by atoms with E-state index in [1.165, 1.54) is 0 Å². The van der Waals surface area contributed by atoms with Gasteiger partial charge in [-0.3, -0.25) is 0 Å². The van der Waals surface area contributed by atoms with E-state index in [0.29, 0.717) is 19.3 Å². The first-order valence-corrected chi connectivity index (χ1v) is 4.53. The van der Waals surface area contributed by atoms with Gasteiger partial charge in [0.2, 0.25) is 0 Å². The van der Waals surface area contributed by atoms with Gasteiger partial charge in [-0.05, 0) is 12.8 Å². The standard InChI is InChI=1S/C9H15NO2/c11-9-6-12-5-8(9)10-7-3-1-2-4-7/h1-2,7-11H,3-6H2.